The lowest BCUT2D eigenvalue weighted by Crippen LogP contribution is -2.28. The minimum Gasteiger partial charge on any atom is -0.381 e. The molecule has 0 saturated carbocycles. The van der Waals surface area contributed by atoms with E-state index in [-0.39, 0.29) is 23.9 Å². The van der Waals surface area contributed by atoms with Crippen LogP contribution < -0.4 is 5.73 Å². The molecule has 2 aliphatic heterocycles. The highest BCUT2D eigenvalue weighted by Gasteiger charge is 2.55. The molecule has 0 radical (unpaired) electrons. The highest BCUT2D eigenvalue weighted by Crippen LogP contribution is 2.43. The largest absolute Gasteiger partial charge is 0.381 e. The van der Waals surface area contributed by atoms with Gasteiger partial charge in [-0.2, -0.15) is 0 Å². The van der Waals surface area contributed by atoms with E-state index in [1.54, 1.807) is 18.6 Å². The zero-order valence-corrected chi connectivity index (χ0v) is 14.1. The van der Waals surface area contributed by atoms with E-state index in [1.165, 1.54) is 11.0 Å². The first kappa shape index (κ1) is 16.3. The number of fused-ring (bicyclic) bond motifs is 1. The van der Waals surface area contributed by atoms with Crippen molar-refractivity contribution >= 4 is 13.6 Å². The minimum atomic E-state index is -1.75. The van der Waals surface area contributed by atoms with Crippen molar-refractivity contribution in [1.82, 2.24) is 14.8 Å². The van der Waals surface area contributed by atoms with Crippen LogP contribution in [0.15, 0.2) is 18.2 Å². The highest BCUT2D eigenvalue weighted by atomic mass is 31.1. The summed E-state index contributed by atoms with van der Waals surface area (Å²) in [4.78, 5) is 3.97. The lowest BCUT2D eigenvalue weighted by molar-refractivity contribution is -0.192. The van der Waals surface area contributed by atoms with E-state index in [0.29, 0.717) is 0 Å². The molecule has 1 aromatic heterocycles. The number of hydrogen-bond donors (Lipinski definition) is 2. The Bertz CT molecular complexity index is 673. The van der Waals surface area contributed by atoms with Crippen molar-refractivity contribution < 1.29 is 18.8 Å². The van der Waals surface area contributed by atoms with E-state index in [0.717, 1.165) is 0 Å². The smallest absolute Gasteiger partial charge is 0.215 e. The van der Waals surface area contributed by atoms with Gasteiger partial charge in [-0.15, -0.1) is 5.10 Å². The summed E-state index contributed by atoms with van der Waals surface area (Å²) >= 11 is 0. The maximum Gasteiger partial charge on any atom is 0.215 e. The molecule has 2 aliphatic rings. The summed E-state index contributed by atoms with van der Waals surface area (Å²) in [5, 5.41) is 11.5. The molecule has 0 aliphatic carbocycles. The second-order valence-corrected chi connectivity index (χ2v) is 7.54. The first-order chi connectivity index (χ1) is 10.8. The molecule has 2 saturated heterocycles. The van der Waals surface area contributed by atoms with Crippen molar-refractivity contribution in [2.24, 2.45) is 5.73 Å². The number of nitrogens with one attached hydrogen (secondary N) is 1. The van der Waals surface area contributed by atoms with Crippen LogP contribution in [0.25, 0.3) is 0 Å². The third-order valence-corrected chi connectivity index (χ3v) is 4.26. The molecule has 0 aromatic carbocycles. The maximum atomic E-state index is 11.4. The van der Waals surface area contributed by atoms with Crippen LogP contribution in [0, 0.1) is 5.41 Å². The van der Waals surface area contributed by atoms with E-state index in [4.69, 9.17) is 25.4 Å². The Kier molecular flexibility index (Phi) is 4.14. The number of hydrogen-bond acceptors (Lipinski definition) is 7. The van der Waals surface area contributed by atoms with Crippen LogP contribution in [0.4, 0.5) is 0 Å². The zero-order valence-electron chi connectivity index (χ0n) is 13.1. The topological polar surface area (TPSA) is 125 Å². The predicted octanol–water partition coefficient (Wildman–Crippen LogP) is 0.683. The molecule has 9 nitrogen and oxygen atoms in total. The summed E-state index contributed by atoms with van der Waals surface area (Å²) in [6.07, 6.45) is 1.51. The zero-order chi connectivity index (χ0) is 16.8. The van der Waals surface area contributed by atoms with Gasteiger partial charge in [-0.1, -0.05) is 0 Å². The number of ether oxygens (including phenoxy) is 3. The van der Waals surface area contributed by atoms with Gasteiger partial charge in [0, 0.05) is 0 Å². The fourth-order valence-corrected chi connectivity index (χ4v) is 3.19. The lowest BCUT2D eigenvalue weighted by atomic mass is 10.1. The highest BCUT2D eigenvalue weighted by molar-refractivity contribution is 7.47. The minimum absolute atomic E-state index is 0.126. The van der Waals surface area contributed by atoms with Gasteiger partial charge in [0.1, 0.15) is 24.6 Å². The van der Waals surface area contributed by atoms with Gasteiger partial charge in [-0.3, -0.25) is 5.41 Å². The van der Waals surface area contributed by atoms with Crippen LogP contribution in [-0.2, 0) is 18.8 Å². The Balaban J connectivity index is 1.88. The van der Waals surface area contributed by atoms with Crippen molar-refractivity contribution in [3.63, 3.8) is 0 Å². The van der Waals surface area contributed by atoms with Crippen molar-refractivity contribution in [3.8, 4) is 0 Å². The van der Waals surface area contributed by atoms with Gasteiger partial charge in [0.2, 0.25) is 5.82 Å². The molecule has 10 heteroatoms. The monoisotopic (exact) mass is 341 g/mol. The van der Waals surface area contributed by atoms with Crippen molar-refractivity contribution in [2.75, 3.05) is 6.66 Å². The SMILES string of the molecule is C[PH](=O)/C=C/C1OC(n2cnc(C(=N)N)n2)C2OC(C)(C)OC12. The molecular formula is C13H20N5O4P. The summed E-state index contributed by atoms with van der Waals surface area (Å²) in [5.41, 5.74) is 5.39. The van der Waals surface area contributed by atoms with Gasteiger partial charge in [0.05, 0.1) is 7.80 Å². The fourth-order valence-electron chi connectivity index (χ4n) is 2.73. The van der Waals surface area contributed by atoms with E-state index < -0.39 is 25.9 Å². The van der Waals surface area contributed by atoms with Gasteiger partial charge in [0.25, 0.3) is 0 Å². The Hall–Kier alpha value is -1.54. The van der Waals surface area contributed by atoms with Crippen LogP contribution in [0.5, 0.6) is 0 Å². The first-order valence-electron chi connectivity index (χ1n) is 7.22. The second kappa shape index (κ2) is 5.83. The van der Waals surface area contributed by atoms with Crippen LogP contribution in [0.2, 0.25) is 0 Å². The molecule has 0 spiro atoms. The van der Waals surface area contributed by atoms with Gasteiger partial charge < -0.3 is 24.5 Å². The molecule has 5 atom stereocenters. The van der Waals surface area contributed by atoms with Crippen molar-refractivity contribution in [3.05, 3.63) is 24.0 Å². The van der Waals surface area contributed by atoms with E-state index in [2.05, 4.69) is 10.1 Å². The summed E-state index contributed by atoms with van der Waals surface area (Å²) in [6, 6.07) is 0. The summed E-state index contributed by atoms with van der Waals surface area (Å²) in [6.45, 7) is 5.31. The quantitative estimate of drug-likeness (QED) is 0.468. The molecule has 5 unspecified atom stereocenters. The van der Waals surface area contributed by atoms with Gasteiger partial charge in [-0.25, -0.2) is 9.67 Å². The Morgan fingerprint density at radius 1 is 1.48 bits per heavy atom. The number of aromatic nitrogens is 3. The molecule has 2 fully saturated rings. The molecule has 3 rings (SSSR count). The Morgan fingerprint density at radius 3 is 2.78 bits per heavy atom. The summed E-state index contributed by atoms with van der Waals surface area (Å²) in [7, 11) is -1.75. The third-order valence-electron chi connectivity index (χ3n) is 3.60. The van der Waals surface area contributed by atoms with E-state index in [9.17, 15) is 4.57 Å². The van der Waals surface area contributed by atoms with Crippen molar-refractivity contribution in [2.45, 2.75) is 44.2 Å². The van der Waals surface area contributed by atoms with Crippen molar-refractivity contribution in [1.29, 1.82) is 5.41 Å². The second-order valence-electron chi connectivity index (χ2n) is 5.99. The molecule has 23 heavy (non-hydrogen) atoms. The first-order valence-corrected chi connectivity index (χ1v) is 9.21. The summed E-state index contributed by atoms with van der Waals surface area (Å²) < 4.78 is 30.6. The lowest BCUT2D eigenvalue weighted by Gasteiger charge is -2.23. The number of rotatable bonds is 4. The van der Waals surface area contributed by atoms with E-state index >= 15 is 0 Å². The van der Waals surface area contributed by atoms with Gasteiger partial charge in [0.15, 0.2) is 17.9 Å². The van der Waals surface area contributed by atoms with Crippen LogP contribution in [0.3, 0.4) is 0 Å². The maximum absolute atomic E-state index is 11.4. The van der Waals surface area contributed by atoms with Crippen LogP contribution >= 0.6 is 7.80 Å². The number of nitrogen functional groups attached to an aromatic ring is 1. The van der Waals surface area contributed by atoms with Crippen LogP contribution in [0.1, 0.15) is 25.9 Å². The molecule has 126 valence electrons. The number of nitrogens with zero attached hydrogens (tertiary/aromatic N) is 3. The van der Waals surface area contributed by atoms with Gasteiger partial charge in [-0.05, 0) is 32.4 Å². The molecule has 3 heterocycles. The molecule has 0 amide bonds. The Morgan fingerprint density at radius 2 is 2.17 bits per heavy atom. The molecule has 0 bridgehead atoms. The van der Waals surface area contributed by atoms with Crippen LogP contribution in [-0.4, -0.2) is 51.4 Å². The average molecular weight is 341 g/mol. The number of amidine groups is 1. The normalized spacial score (nSPS) is 33.9. The molecule has 3 N–H and O–H groups in total. The van der Waals surface area contributed by atoms with E-state index in [1.807, 2.05) is 13.8 Å². The average Bonchev–Trinajstić information content (AvgIpc) is 3.09. The predicted molar refractivity (Wildman–Crippen MR) is 82.8 cm³/mol. The summed E-state index contributed by atoms with van der Waals surface area (Å²) in [5.74, 6) is 0.792. The molecule has 1 aromatic rings. The fraction of sp³-hybridized carbons (Fsp3) is 0.615. The number of nitrogens with two attached hydrogens (primary N) is 1. The van der Waals surface area contributed by atoms with Gasteiger partial charge >= 0.3 is 0 Å². The third kappa shape index (κ3) is 3.23. The Labute approximate surface area is 134 Å². The standard InChI is InChI=1S/C13H20N5O4P/c1-13(2)21-8-7(4-5-23(3)19)20-12(9(8)22-13)18-6-16-11(17-18)10(14)15/h4-9,12,23H,1-3H3,(H3,14,15)/b5-4+. The molecular weight excluding hydrogens is 321 g/mol.